The number of hydrogen-bond acceptors (Lipinski definition) is 5. The minimum absolute atomic E-state index is 0.0704. The van der Waals surface area contributed by atoms with Crippen LogP contribution in [-0.2, 0) is 11.3 Å². The summed E-state index contributed by atoms with van der Waals surface area (Å²) in [5, 5.41) is 14.2. The Morgan fingerprint density at radius 1 is 1.12 bits per heavy atom. The second-order valence-corrected chi connectivity index (χ2v) is 8.77. The summed E-state index contributed by atoms with van der Waals surface area (Å²) >= 11 is 3.42. The number of imidazole rings is 1. The molecule has 8 nitrogen and oxygen atoms in total. The summed E-state index contributed by atoms with van der Waals surface area (Å²) in [5.74, 6) is -1.05. The Kier molecular flexibility index (Phi) is 5.77. The van der Waals surface area contributed by atoms with Gasteiger partial charge in [0.15, 0.2) is 0 Å². The van der Waals surface area contributed by atoms with Crippen LogP contribution < -0.4 is 5.32 Å². The second-order valence-electron chi connectivity index (χ2n) is 7.86. The lowest BCUT2D eigenvalue weighted by atomic mass is 9.90. The zero-order valence-corrected chi connectivity index (χ0v) is 19.3. The van der Waals surface area contributed by atoms with E-state index in [4.69, 9.17) is 4.99 Å². The molecule has 3 aromatic carbocycles. The number of anilines is 1. The molecule has 4 aromatic rings. The maximum absolute atomic E-state index is 13.1. The van der Waals surface area contributed by atoms with Gasteiger partial charge in [0.05, 0.1) is 22.6 Å². The summed E-state index contributed by atoms with van der Waals surface area (Å²) in [6.45, 7) is 0.665. The molecule has 1 aliphatic rings. The van der Waals surface area contributed by atoms with Crippen molar-refractivity contribution in [1.82, 2.24) is 9.55 Å². The van der Waals surface area contributed by atoms with Crippen molar-refractivity contribution in [2.45, 2.75) is 12.5 Å². The van der Waals surface area contributed by atoms with Crippen molar-refractivity contribution in [3.8, 4) is 0 Å². The first-order chi connectivity index (χ1) is 16.5. The summed E-state index contributed by atoms with van der Waals surface area (Å²) in [4.78, 5) is 32.9. The van der Waals surface area contributed by atoms with Gasteiger partial charge in [-0.15, -0.1) is 0 Å². The molecule has 0 radical (unpaired) electrons. The Hall–Kier alpha value is -4.11. The molecule has 1 amide bonds. The van der Waals surface area contributed by atoms with Crippen LogP contribution in [0.5, 0.6) is 0 Å². The molecule has 0 saturated heterocycles. The molecule has 0 fully saturated rings. The molecule has 1 unspecified atom stereocenters. The number of carbonyl (C=O) groups excluding carboxylic acids is 1. The van der Waals surface area contributed by atoms with Crippen LogP contribution in [0, 0.1) is 10.1 Å². The first-order valence-electron chi connectivity index (χ1n) is 10.5. The zero-order chi connectivity index (χ0) is 23.7. The molecule has 1 aliphatic heterocycles. The third-order valence-electron chi connectivity index (χ3n) is 5.60. The van der Waals surface area contributed by atoms with Crippen molar-refractivity contribution >= 4 is 44.6 Å². The van der Waals surface area contributed by atoms with Gasteiger partial charge >= 0.3 is 0 Å². The quantitative estimate of drug-likeness (QED) is 0.209. The molecule has 2 heterocycles. The molecule has 168 valence electrons. The number of aliphatic imine (C=N–C) groups is 1. The van der Waals surface area contributed by atoms with Crippen LogP contribution in [0.25, 0.3) is 0 Å². The number of fused-ring (bicyclic) bond motifs is 1. The topological polar surface area (TPSA) is 102 Å². The van der Waals surface area contributed by atoms with E-state index in [1.165, 1.54) is 12.1 Å². The number of amides is 1. The molecule has 1 atom stereocenters. The maximum Gasteiger partial charge on any atom is 0.269 e. The van der Waals surface area contributed by atoms with Crippen LogP contribution in [0.3, 0.4) is 0 Å². The van der Waals surface area contributed by atoms with Crippen molar-refractivity contribution in [1.29, 1.82) is 0 Å². The Balaban J connectivity index is 1.59. The lowest BCUT2D eigenvalue weighted by molar-refractivity contribution is -0.384. The van der Waals surface area contributed by atoms with Gasteiger partial charge in [-0.2, -0.15) is 0 Å². The second kappa shape index (κ2) is 9.03. The Labute approximate surface area is 203 Å². The fourth-order valence-corrected chi connectivity index (χ4v) is 4.22. The van der Waals surface area contributed by atoms with Gasteiger partial charge in [0.2, 0.25) is 5.91 Å². The SMILES string of the molecule is O=C1Nc2ccc([N+](=O)[O-])cc2C1C(=Nc1ccc(Br)cc1)c1ccc(Cn2ccnc2)cc1. The van der Waals surface area contributed by atoms with Crippen molar-refractivity contribution < 1.29 is 9.72 Å². The molecule has 5 rings (SSSR count). The molecule has 1 aromatic heterocycles. The van der Waals surface area contributed by atoms with E-state index in [0.717, 1.165) is 15.6 Å². The van der Waals surface area contributed by atoms with Crippen LogP contribution in [0.4, 0.5) is 17.1 Å². The molecule has 0 aliphatic carbocycles. The van der Waals surface area contributed by atoms with Gasteiger partial charge in [0, 0.05) is 46.8 Å². The number of rotatable bonds is 6. The number of aromatic nitrogens is 2. The predicted molar refractivity (Wildman–Crippen MR) is 133 cm³/mol. The summed E-state index contributed by atoms with van der Waals surface area (Å²) in [5.41, 5.74) is 4.05. The van der Waals surface area contributed by atoms with E-state index in [2.05, 4.69) is 26.2 Å². The number of hydrogen-bond donors (Lipinski definition) is 1. The van der Waals surface area contributed by atoms with Crippen molar-refractivity contribution in [3.63, 3.8) is 0 Å². The van der Waals surface area contributed by atoms with E-state index < -0.39 is 10.8 Å². The third-order valence-corrected chi connectivity index (χ3v) is 6.13. The number of benzene rings is 3. The number of nitrogens with zero attached hydrogens (tertiary/aromatic N) is 4. The first-order valence-corrected chi connectivity index (χ1v) is 11.3. The van der Waals surface area contributed by atoms with Crippen molar-refractivity contribution in [2.24, 2.45) is 4.99 Å². The fraction of sp³-hybridized carbons (Fsp3) is 0.0800. The molecule has 0 bridgehead atoms. The van der Waals surface area contributed by atoms with Crippen molar-refractivity contribution in [2.75, 3.05) is 5.32 Å². The summed E-state index contributed by atoms with van der Waals surface area (Å²) < 4.78 is 2.88. The van der Waals surface area contributed by atoms with E-state index in [-0.39, 0.29) is 11.6 Å². The van der Waals surface area contributed by atoms with Crippen LogP contribution >= 0.6 is 15.9 Å². The van der Waals surface area contributed by atoms with Crippen LogP contribution in [0.15, 0.2) is 94.9 Å². The highest BCUT2D eigenvalue weighted by atomic mass is 79.9. The zero-order valence-electron chi connectivity index (χ0n) is 17.8. The number of nitro groups is 1. The Morgan fingerprint density at radius 3 is 2.56 bits per heavy atom. The van der Waals surface area contributed by atoms with Gasteiger partial charge in [-0.25, -0.2) is 4.98 Å². The van der Waals surface area contributed by atoms with E-state index in [9.17, 15) is 14.9 Å². The number of carbonyl (C=O) groups is 1. The van der Waals surface area contributed by atoms with Gasteiger partial charge in [-0.3, -0.25) is 19.9 Å². The van der Waals surface area contributed by atoms with E-state index in [1.807, 2.05) is 59.3 Å². The summed E-state index contributed by atoms with van der Waals surface area (Å²) in [6, 6.07) is 19.6. The average molecular weight is 516 g/mol. The van der Waals surface area contributed by atoms with E-state index in [0.29, 0.717) is 29.2 Å². The van der Waals surface area contributed by atoms with Gasteiger partial charge < -0.3 is 9.88 Å². The van der Waals surface area contributed by atoms with E-state index in [1.54, 1.807) is 18.6 Å². The predicted octanol–water partition coefficient (Wildman–Crippen LogP) is 5.46. The largest absolute Gasteiger partial charge is 0.333 e. The number of nitrogens with one attached hydrogen (secondary N) is 1. The Morgan fingerprint density at radius 2 is 1.88 bits per heavy atom. The van der Waals surface area contributed by atoms with Crippen LogP contribution in [0.2, 0.25) is 0 Å². The number of nitro benzene ring substituents is 1. The average Bonchev–Trinajstić information content (AvgIpc) is 3.46. The summed E-state index contributed by atoms with van der Waals surface area (Å²) in [6.07, 6.45) is 5.37. The standard InChI is InChI=1S/C25H18BrN5O3/c26-18-5-7-19(8-6-18)28-24(17-3-1-16(2-4-17)14-30-12-11-27-15-30)23-21-13-20(31(33)34)9-10-22(21)29-25(23)32/h1-13,15,23H,14H2,(H,29,32). The highest BCUT2D eigenvalue weighted by Gasteiger charge is 2.36. The number of halogens is 1. The lowest BCUT2D eigenvalue weighted by Crippen LogP contribution is -2.22. The highest BCUT2D eigenvalue weighted by molar-refractivity contribution is 9.10. The monoisotopic (exact) mass is 515 g/mol. The highest BCUT2D eigenvalue weighted by Crippen LogP contribution is 2.38. The number of non-ortho nitro benzene ring substituents is 1. The van der Waals surface area contributed by atoms with Crippen LogP contribution in [-0.4, -0.2) is 26.1 Å². The Bertz CT molecular complexity index is 1400. The van der Waals surface area contributed by atoms with Crippen molar-refractivity contribution in [3.05, 3.63) is 117 Å². The molecule has 1 N–H and O–H groups in total. The molecule has 9 heteroatoms. The van der Waals surface area contributed by atoms with Gasteiger partial charge in [0.1, 0.15) is 5.92 Å². The third kappa shape index (κ3) is 4.38. The minimum Gasteiger partial charge on any atom is -0.333 e. The molecular formula is C25H18BrN5O3. The molecular weight excluding hydrogens is 498 g/mol. The molecule has 0 saturated carbocycles. The van der Waals surface area contributed by atoms with Gasteiger partial charge in [-0.1, -0.05) is 40.2 Å². The lowest BCUT2D eigenvalue weighted by Gasteiger charge is -2.15. The fourth-order valence-electron chi connectivity index (χ4n) is 3.96. The molecule has 0 spiro atoms. The first kappa shape index (κ1) is 21.7. The van der Waals surface area contributed by atoms with Gasteiger partial charge in [-0.05, 0) is 41.5 Å². The maximum atomic E-state index is 13.1. The van der Waals surface area contributed by atoms with E-state index >= 15 is 0 Å². The van der Waals surface area contributed by atoms with Crippen LogP contribution in [0.1, 0.15) is 22.6 Å². The smallest absolute Gasteiger partial charge is 0.269 e. The minimum atomic E-state index is -0.780. The normalized spacial score (nSPS) is 15.1. The van der Waals surface area contributed by atoms with Gasteiger partial charge in [0.25, 0.3) is 5.69 Å². The summed E-state index contributed by atoms with van der Waals surface area (Å²) in [7, 11) is 0. The molecule has 34 heavy (non-hydrogen) atoms.